The molecule has 2 amide bonds. The molecule has 0 aliphatic rings. The van der Waals surface area contributed by atoms with Gasteiger partial charge >= 0.3 is 0 Å². The minimum atomic E-state index is -0.372. The van der Waals surface area contributed by atoms with E-state index in [4.69, 9.17) is 0 Å². The fourth-order valence-corrected chi connectivity index (χ4v) is 3.37. The molecule has 4 aromatic rings. The Morgan fingerprint density at radius 3 is 2.20 bits per heavy atom. The van der Waals surface area contributed by atoms with Crippen LogP contribution in [0.2, 0.25) is 0 Å². The average molecular weight is 398 g/mol. The van der Waals surface area contributed by atoms with Crippen LogP contribution in [0.4, 0.5) is 11.4 Å². The van der Waals surface area contributed by atoms with Crippen molar-refractivity contribution in [2.75, 3.05) is 10.6 Å². The number of carbonyl (C=O) groups is 2. The molecule has 0 aliphatic carbocycles. The maximum Gasteiger partial charge on any atom is 0.292 e. The summed E-state index contributed by atoms with van der Waals surface area (Å²) < 4.78 is 1.63. The molecule has 4 rings (SSSR count). The van der Waals surface area contributed by atoms with Gasteiger partial charge in [0, 0.05) is 17.6 Å². The first-order valence-electron chi connectivity index (χ1n) is 9.66. The second kappa shape index (κ2) is 7.83. The Balaban J connectivity index is 1.69. The summed E-state index contributed by atoms with van der Waals surface area (Å²) in [5.74, 6) is -0.584. The quantitative estimate of drug-likeness (QED) is 0.520. The highest BCUT2D eigenvalue weighted by atomic mass is 16.2. The summed E-state index contributed by atoms with van der Waals surface area (Å²) in [7, 11) is 0. The molecule has 0 spiro atoms. The molecule has 0 bridgehead atoms. The van der Waals surface area contributed by atoms with E-state index in [-0.39, 0.29) is 23.3 Å². The van der Waals surface area contributed by atoms with Gasteiger partial charge in [-0.2, -0.15) is 0 Å². The van der Waals surface area contributed by atoms with Crippen molar-refractivity contribution in [2.24, 2.45) is 0 Å². The molecule has 0 unspecified atom stereocenters. The van der Waals surface area contributed by atoms with Crippen molar-refractivity contribution in [1.82, 2.24) is 9.38 Å². The minimum absolute atomic E-state index is 0.155. The summed E-state index contributed by atoms with van der Waals surface area (Å²) in [6.45, 7) is 5.86. The summed E-state index contributed by atoms with van der Waals surface area (Å²) in [6, 6.07) is 18.7. The number of benzene rings is 2. The van der Waals surface area contributed by atoms with Crippen LogP contribution in [-0.4, -0.2) is 21.2 Å². The second-order valence-electron chi connectivity index (χ2n) is 7.28. The number of rotatable bonds is 4. The first-order valence-corrected chi connectivity index (χ1v) is 9.66. The van der Waals surface area contributed by atoms with Gasteiger partial charge in [0.25, 0.3) is 11.8 Å². The molecule has 0 saturated carbocycles. The number of amides is 2. The molecular formula is C24H22N4O2. The standard InChI is InChI=1S/C24H22N4O2/c1-15-10-12-18(13-11-15)25-23(29)21-19-9-4-5-14-28(19)22(26-21)24(30)27-20-16(2)7-6-8-17(20)3/h4-14H,1-3H3,(H,25,29)(H,27,30). The second-order valence-corrected chi connectivity index (χ2v) is 7.28. The molecule has 0 atom stereocenters. The number of nitrogens with zero attached hydrogens (tertiary/aromatic N) is 2. The van der Waals surface area contributed by atoms with E-state index in [0.717, 1.165) is 22.4 Å². The third-order valence-corrected chi connectivity index (χ3v) is 5.00. The Kier molecular flexibility index (Phi) is 5.06. The molecule has 2 aromatic heterocycles. The molecule has 2 N–H and O–H groups in total. The van der Waals surface area contributed by atoms with Crippen LogP contribution in [0.1, 0.15) is 37.8 Å². The van der Waals surface area contributed by atoms with Gasteiger partial charge in [-0.05, 0) is 56.2 Å². The van der Waals surface area contributed by atoms with Crippen LogP contribution in [0.25, 0.3) is 5.52 Å². The monoisotopic (exact) mass is 398 g/mol. The summed E-state index contributed by atoms with van der Waals surface area (Å²) in [5, 5.41) is 5.79. The molecule has 0 fully saturated rings. The predicted octanol–water partition coefficient (Wildman–Crippen LogP) is 4.76. The molecule has 0 radical (unpaired) electrons. The highest BCUT2D eigenvalue weighted by Crippen LogP contribution is 2.22. The fraction of sp³-hybridized carbons (Fsp3) is 0.125. The number of hydrogen-bond donors (Lipinski definition) is 2. The number of imidazole rings is 1. The molecule has 0 saturated heterocycles. The number of aromatic nitrogens is 2. The van der Waals surface area contributed by atoms with Gasteiger partial charge in [0.15, 0.2) is 5.69 Å². The molecule has 6 nitrogen and oxygen atoms in total. The number of anilines is 2. The topological polar surface area (TPSA) is 75.5 Å². The molecule has 30 heavy (non-hydrogen) atoms. The molecule has 2 aromatic carbocycles. The van der Waals surface area contributed by atoms with Crippen LogP contribution in [0.15, 0.2) is 66.9 Å². The lowest BCUT2D eigenvalue weighted by molar-refractivity contribution is 0.101. The first kappa shape index (κ1) is 19.4. The van der Waals surface area contributed by atoms with Crippen molar-refractivity contribution in [2.45, 2.75) is 20.8 Å². The Morgan fingerprint density at radius 2 is 1.50 bits per heavy atom. The van der Waals surface area contributed by atoms with Gasteiger partial charge in [-0.25, -0.2) is 4.98 Å². The minimum Gasteiger partial charge on any atom is -0.321 e. The van der Waals surface area contributed by atoms with Gasteiger partial charge in [-0.1, -0.05) is 42.0 Å². The SMILES string of the molecule is Cc1ccc(NC(=O)c2nc(C(=O)Nc3c(C)cccc3C)n3ccccc23)cc1. The van der Waals surface area contributed by atoms with E-state index in [1.165, 1.54) is 0 Å². The molecule has 2 heterocycles. The fourth-order valence-electron chi connectivity index (χ4n) is 3.37. The van der Waals surface area contributed by atoms with Crippen LogP contribution in [0.5, 0.6) is 0 Å². The Morgan fingerprint density at radius 1 is 0.800 bits per heavy atom. The van der Waals surface area contributed by atoms with Gasteiger partial charge in [0.05, 0.1) is 5.52 Å². The van der Waals surface area contributed by atoms with Crippen LogP contribution in [-0.2, 0) is 0 Å². The van der Waals surface area contributed by atoms with Crippen LogP contribution in [0, 0.1) is 20.8 Å². The van der Waals surface area contributed by atoms with Gasteiger partial charge in [-0.3, -0.25) is 14.0 Å². The largest absolute Gasteiger partial charge is 0.321 e. The van der Waals surface area contributed by atoms with Gasteiger partial charge < -0.3 is 10.6 Å². The van der Waals surface area contributed by atoms with Crippen LogP contribution in [0.3, 0.4) is 0 Å². The van der Waals surface area contributed by atoms with E-state index in [1.54, 1.807) is 22.7 Å². The van der Waals surface area contributed by atoms with E-state index in [1.807, 2.05) is 69.3 Å². The number of hydrogen-bond acceptors (Lipinski definition) is 3. The van der Waals surface area contributed by atoms with Crippen LogP contribution >= 0.6 is 0 Å². The summed E-state index contributed by atoms with van der Waals surface area (Å²) in [4.78, 5) is 30.3. The van der Waals surface area contributed by atoms with Crippen molar-refractivity contribution in [3.8, 4) is 0 Å². The third-order valence-electron chi connectivity index (χ3n) is 5.00. The van der Waals surface area contributed by atoms with Gasteiger partial charge in [0.2, 0.25) is 5.82 Å². The summed E-state index contributed by atoms with van der Waals surface area (Å²) in [6.07, 6.45) is 1.73. The zero-order valence-electron chi connectivity index (χ0n) is 17.1. The van der Waals surface area contributed by atoms with Gasteiger partial charge in [0.1, 0.15) is 0 Å². The number of para-hydroxylation sites is 1. The third kappa shape index (κ3) is 3.67. The zero-order valence-corrected chi connectivity index (χ0v) is 17.1. The smallest absolute Gasteiger partial charge is 0.292 e. The Bertz CT molecular complexity index is 1240. The van der Waals surface area contributed by atoms with Crippen molar-refractivity contribution in [3.05, 3.63) is 95.1 Å². The average Bonchev–Trinajstić information content (AvgIpc) is 3.12. The zero-order chi connectivity index (χ0) is 21.3. The van der Waals surface area contributed by atoms with E-state index < -0.39 is 0 Å². The van der Waals surface area contributed by atoms with E-state index in [9.17, 15) is 9.59 Å². The maximum absolute atomic E-state index is 13.0. The number of carbonyl (C=O) groups excluding carboxylic acids is 2. The summed E-state index contributed by atoms with van der Waals surface area (Å²) >= 11 is 0. The normalized spacial score (nSPS) is 10.8. The highest BCUT2D eigenvalue weighted by molar-refractivity contribution is 6.10. The van der Waals surface area contributed by atoms with E-state index in [0.29, 0.717) is 11.2 Å². The lowest BCUT2D eigenvalue weighted by Gasteiger charge is -2.10. The Hall–Kier alpha value is -3.93. The Labute approximate surface area is 174 Å². The van der Waals surface area contributed by atoms with Crippen molar-refractivity contribution < 1.29 is 9.59 Å². The van der Waals surface area contributed by atoms with Crippen LogP contribution < -0.4 is 10.6 Å². The van der Waals surface area contributed by atoms with Crippen molar-refractivity contribution in [1.29, 1.82) is 0 Å². The number of fused-ring (bicyclic) bond motifs is 1. The van der Waals surface area contributed by atoms with Crippen molar-refractivity contribution >= 4 is 28.7 Å². The lowest BCUT2D eigenvalue weighted by atomic mass is 10.1. The van der Waals surface area contributed by atoms with E-state index in [2.05, 4.69) is 15.6 Å². The first-order chi connectivity index (χ1) is 14.4. The molecule has 0 aliphatic heterocycles. The molecular weight excluding hydrogens is 376 g/mol. The number of pyridine rings is 1. The predicted molar refractivity (Wildman–Crippen MR) is 118 cm³/mol. The lowest BCUT2D eigenvalue weighted by Crippen LogP contribution is -2.17. The molecule has 150 valence electrons. The summed E-state index contributed by atoms with van der Waals surface area (Å²) in [5.41, 5.74) is 5.20. The maximum atomic E-state index is 13.0. The molecule has 6 heteroatoms. The number of nitrogens with one attached hydrogen (secondary N) is 2. The number of aryl methyl sites for hydroxylation is 3. The van der Waals surface area contributed by atoms with Crippen molar-refractivity contribution in [3.63, 3.8) is 0 Å². The van der Waals surface area contributed by atoms with Gasteiger partial charge in [-0.15, -0.1) is 0 Å². The van der Waals surface area contributed by atoms with E-state index >= 15 is 0 Å². The highest BCUT2D eigenvalue weighted by Gasteiger charge is 2.22.